The third-order valence-electron chi connectivity index (χ3n) is 10.7. The molecule has 0 spiro atoms. The number of carbonyl (C=O) groups excluding carboxylic acids is 5. The van der Waals surface area contributed by atoms with E-state index in [0.717, 1.165) is 30.4 Å². The maximum Gasteiger partial charge on any atom is 0.226 e. The SMILES string of the molecule is CCCCc1ccc(C(=O)C[C@@H](CCO)C(=O)N(C)[C@@H]2C(=O)C[C@@H](C)C(=O)N[C@H](C(=O)CCC#N)Cc3ccc(OCCN)c(c3)-c3cc2ccc3OCCN)c(C)c1. The molecule has 3 aromatic rings. The number of rotatable bonds is 19. The molecule has 0 aromatic heterocycles. The second kappa shape index (κ2) is 22.7. The molecule has 59 heavy (non-hydrogen) atoms. The van der Waals surface area contributed by atoms with Crippen LogP contribution in [-0.2, 0) is 32.0 Å². The van der Waals surface area contributed by atoms with Crippen LogP contribution in [0.15, 0.2) is 54.6 Å². The number of fused-ring (bicyclic) bond motifs is 5. The van der Waals surface area contributed by atoms with Crippen molar-refractivity contribution in [3.63, 3.8) is 0 Å². The van der Waals surface area contributed by atoms with Gasteiger partial charge in [-0.1, -0.05) is 50.6 Å². The maximum atomic E-state index is 14.6. The molecule has 1 aliphatic heterocycles. The summed E-state index contributed by atoms with van der Waals surface area (Å²) < 4.78 is 12.2. The second-order valence-corrected chi connectivity index (χ2v) is 15.3. The van der Waals surface area contributed by atoms with Crippen LogP contribution in [0.2, 0.25) is 0 Å². The van der Waals surface area contributed by atoms with Crippen molar-refractivity contribution in [2.75, 3.05) is 40.0 Å². The predicted octanol–water partition coefficient (Wildman–Crippen LogP) is 4.96. The van der Waals surface area contributed by atoms with Gasteiger partial charge < -0.3 is 36.3 Å². The lowest BCUT2D eigenvalue weighted by Crippen LogP contribution is -2.45. The fourth-order valence-electron chi connectivity index (χ4n) is 7.50. The van der Waals surface area contributed by atoms with E-state index in [1.807, 2.05) is 31.2 Å². The van der Waals surface area contributed by atoms with Crippen LogP contribution in [0.1, 0.15) is 97.4 Å². The zero-order valence-corrected chi connectivity index (χ0v) is 34.8. The molecule has 0 saturated carbocycles. The standard InChI is InChI=1S/C46H59N5O8/c1-5-6-8-31-10-13-35(29(2)23-31)40(54)28-34(16-20-52)46(57)51(4)44-33-12-15-43(59-22-19-49)37(27-33)36-25-32(11-14-42(36)58-21-18-48)26-38(39(53)9-7-17-47)50-45(56)30(3)24-41(44)55/h10-15,23,25,27,30,34,38,44,52H,5-9,16,18-22,24,26,28,48-49H2,1-4H3,(H,50,56)/t30-,34-,38+,44+/m1/s1. The summed E-state index contributed by atoms with van der Waals surface area (Å²) in [6.45, 7) is 5.99. The van der Waals surface area contributed by atoms with Gasteiger partial charge in [-0.3, -0.25) is 24.0 Å². The van der Waals surface area contributed by atoms with Crippen LogP contribution in [-0.4, -0.2) is 85.2 Å². The molecule has 0 fully saturated rings. The van der Waals surface area contributed by atoms with Crippen molar-refractivity contribution >= 4 is 29.2 Å². The molecule has 0 radical (unpaired) electrons. The summed E-state index contributed by atoms with van der Waals surface area (Å²) >= 11 is 0. The third-order valence-corrected chi connectivity index (χ3v) is 10.7. The molecule has 2 amide bonds. The third kappa shape index (κ3) is 12.3. The number of unbranched alkanes of at least 4 members (excludes halogenated alkanes) is 1. The molecule has 6 N–H and O–H groups in total. The zero-order valence-electron chi connectivity index (χ0n) is 34.8. The van der Waals surface area contributed by atoms with Crippen LogP contribution in [0.4, 0.5) is 0 Å². The molecule has 316 valence electrons. The first-order valence-corrected chi connectivity index (χ1v) is 20.5. The lowest BCUT2D eigenvalue weighted by Gasteiger charge is -2.32. The average molecular weight is 810 g/mol. The van der Waals surface area contributed by atoms with E-state index < -0.39 is 41.5 Å². The number of nitrogens with two attached hydrogens (primary N) is 2. The van der Waals surface area contributed by atoms with E-state index in [9.17, 15) is 34.3 Å². The number of ether oxygens (including phenoxy) is 2. The minimum Gasteiger partial charge on any atom is -0.492 e. The Morgan fingerprint density at radius 2 is 1.66 bits per heavy atom. The van der Waals surface area contributed by atoms with E-state index in [1.165, 1.54) is 11.9 Å². The van der Waals surface area contributed by atoms with Gasteiger partial charge >= 0.3 is 0 Å². The molecular weight excluding hydrogens is 751 g/mol. The highest BCUT2D eigenvalue weighted by molar-refractivity contribution is 6.01. The van der Waals surface area contributed by atoms with Crippen LogP contribution < -0.4 is 26.3 Å². The maximum absolute atomic E-state index is 14.6. The number of aliphatic hydroxyl groups excluding tert-OH is 1. The number of amides is 2. The smallest absolute Gasteiger partial charge is 0.226 e. The topological polar surface area (TPSA) is 215 Å². The number of aliphatic hydroxyl groups is 1. The number of nitrogens with zero attached hydrogens (tertiary/aromatic N) is 2. The van der Waals surface area contributed by atoms with Crippen molar-refractivity contribution in [2.24, 2.45) is 23.3 Å². The number of hydrogen-bond acceptors (Lipinski definition) is 11. The lowest BCUT2D eigenvalue weighted by molar-refractivity contribution is -0.142. The summed E-state index contributed by atoms with van der Waals surface area (Å²) in [5.41, 5.74) is 16.2. The number of carbonyl (C=O) groups is 5. The highest BCUT2D eigenvalue weighted by Crippen LogP contribution is 2.41. The molecular formula is C46H59N5O8. The predicted molar refractivity (Wildman–Crippen MR) is 225 cm³/mol. The summed E-state index contributed by atoms with van der Waals surface area (Å²) in [6, 6.07) is 15.9. The van der Waals surface area contributed by atoms with Gasteiger partial charge in [-0.05, 0) is 79.1 Å². The van der Waals surface area contributed by atoms with Gasteiger partial charge in [-0.15, -0.1) is 0 Å². The van der Waals surface area contributed by atoms with Gasteiger partial charge in [-0.25, -0.2) is 0 Å². The summed E-state index contributed by atoms with van der Waals surface area (Å²) in [4.78, 5) is 71.3. The minimum absolute atomic E-state index is 0.0186. The number of benzene rings is 3. The van der Waals surface area contributed by atoms with E-state index in [2.05, 4.69) is 12.2 Å². The first kappa shape index (κ1) is 46.3. The second-order valence-electron chi connectivity index (χ2n) is 15.3. The van der Waals surface area contributed by atoms with Crippen molar-refractivity contribution in [3.8, 4) is 28.7 Å². The van der Waals surface area contributed by atoms with Gasteiger partial charge in [-0.2, -0.15) is 5.26 Å². The van der Waals surface area contributed by atoms with E-state index in [0.29, 0.717) is 39.3 Å². The molecule has 1 heterocycles. The van der Waals surface area contributed by atoms with Crippen molar-refractivity contribution in [1.82, 2.24) is 10.2 Å². The van der Waals surface area contributed by atoms with Crippen LogP contribution >= 0.6 is 0 Å². The molecule has 4 rings (SSSR count). The zero-order chi connectivity index (χ0) is 43.1. The van der Waals surface area contributed by atoms with Crippen LogP contribution in [0.25, 0.3) is 11.1 Å². The van der Waals surface area contributed by atoms with E-state index >= 15 is 0 Å². The Kier molecular flexibility index (Phi) is 17.8. The number of likely N-dealkylation sites (N-methyl/N-ethyl adjacent to an activating group) is 1. The number of aryl methyl sites for hydroxylation is 2. The molecule has 0 saturated heterocycles. The average Bonchev–Trinajstić information content (AvgIpc) is 3.22. The first-order chi connectivity index (χ1) is 28.4. The Hall–Kier alpha value is -5.42. The van der Waals surface area contributed by atoms with Crippen molar-refractivity contribution in [2.45, 2.75) is 90.6 Å². The Labute approximate surface area is 347 Å². The van der Waals surface area contributed by atoms with Gasteiger partial charge in [0, 0.05) is 81.0 Å². The lowest BCUT2D eigenvalue weighted by atomic mass is 9.88. The quantitative estimate of drug-likeness (QED) is 0.119. The molecule has 13 heteroatoms. The first-order valence-electron chi connectivity index (χ1n) is 20.5. The molecule has 13 nitrogen and oxygen atoms in total. The fourth-order valence-corrected chi connectivity index (χ4v) is 7.50. The summed E-state index contributed by atoms with van der Waals surface area (Å²) in [7, 11) is 1.49. The Balaban J connectivity index is 1.85. The summed E-state index contributed by atoms with van der Waals surface area (Å²) in [6.07, 6.45) is 2.47. The van der Waals surface area contributed by atoms with Gasteiger partial charge in [0.05, 0.1) is 12.1 Å². The Morgan fingerprint density at radius 1 is 0.983 bits per heavy atom. The largest absolute Gasteiger partial charge is 0.492 e. The van der Waals surface area contributed by atoms with Crippen LogP contribution in [0.3, 0.4) is 0 Å². The van der Waals surface area contributed by atoms with E-state index in [4.69, 9.17) is 20.9 Å². The molecule has 3 aromatic carbocycles. The molecule has 4 atom stereocenters. The Morgan fingerprint density at radius 3 is 2.29 bits per heavy atom. The molecule has 0 unspecified atom stereocenters. The monoisotopic (exact) mass is 809 g/mol. The van der Waals surface area contributed by atoms with Gasteiger partial charge in [0.2, 0.25) is 11.8 Å². The van der Waals surface area contributed by atoms with E-state index in [-0.39, 0.29) is 83.0 Å². The summed E-state index contributed by atoms with van der Waals surface area (Å²) in [5.74, 6) is -3.11. The van der Waals surface area contributed by atoms with Crippen LogP contribution in [0.5, 0.6) is 11.5 Å². The van der Waals surface area contributed by atoms with Crippen LogP contribution in [0, 0.1) is 30.1 Å². The van der Waals surface area contributed by atoms with Crippen molar-refractivity contribution < 1.29 is 38.6 Å². The highest BCUT2D eigenvalue weighted by Gasteiger charge is 2.36. The van der Waals surface area contributed by atoms with Gasteiger partial charge in [0.15, 0.2) is 17.3 Å². The molecule has 0 aliphatic carbocycles. The molecule has 4 bridgehead atoms. The van der Waals surface area contributed by atoms with E-state index in [1.54, 1.807) is 43.3 Å². The number of nitriles is 1. The number of Topliss-reactive ketones (excluding diaryl/α,β-unsaturated/α-hetero) is 3. The fraction of sp³-hybridized carbons (Fsp3) is 0.478. The number of ketones is 3. The summed E-state index contributed by atoms with van der Waals surface area (Å²) in [5, 5.41) is 22.1. The minimum atomic E-state index is -1.23. The van der Waals surface area contributed by atoms with Gasteiger partial charge in [0.1, 0.15) is 30.8 Å². The Bertz CT molecular complexity index is 2010. The molecule has 1 aliphatic rings. The highest BCUT2D eigenvalue weighted by atomic mass is 16.5. The normalized spacial score (nSPS) is 17.2. The van der Waals surface area contributed by atoms with Crippen molar-refractivity contribution in [3.05, 3.63) is 82.4 Å². The van der Waals surface area contributed by atoms with Crippen molar-refractivity contribution in [1.29, 1.82) is 5.26 Å². The number of nitrogens with one attached hydrogen (secondary N) is 1. The number of hydrogen-bond donors (Lipinski definition) is 4. The van der Waals surface area contributed by atoms with Gasteiger partial charge in [0.25, 0.3) is 0 Å².